The van der Waals surface area contributed by atoms with Crippen LogP contribution in [0.5, 0.6) is 0 Å². The van der Waals surface area contributed by atoms with Crippen LogP contribution in [0.2, 0.25) is 0 Å². The molecule has 0 spiro atoms. The van der Waals surface area contributed by atoms with E-state index in [9.17, 15) is 4.79 Å². The van der Waals surface area contributed by atoms with E-state index in [0.29, 0.717) is 6.42 Å². The minimum absolute atomic E-state index is 0.0355. The number of nitrogens with zero attached hydrogens (tertiary/aromatic N) is 5. The van der Waals surface area contributed by atoms with Crippen molar-refractivity contribution in [3.05, 3.63) is 32.3 Å². The van der Waals surface area contributed by atoms with Crippen LogP contribution in [-0.2, 0) is 24.2 Å². The van der Waals surface area contributed by atoms with E-state index in [-0.39, 0.29) is 11.9 Å². The molecular weight excluding hydrogens is 368 g/mol. The Kier molecular flexibility index (Phi) is 4.82. The summed E-state index contributed by atoms with van der Waals surface area (Å²) in [6.45, 7) is 4.73. The zero-order valence-electron chi connectivity index (χ0n) is 14.7. The number of nitrogens with one attached hydrogen (secondary N) is 1. The second kappa shape index (κ2) is 7.24. The summed E-state index contributed by atoms with van der Waals surface area (Å²) >= 11 is 3.19. The van der Waals surface area contributed by atoms with Gasteiger partial charge in [0.2, 0.25) is 5.91 Å². The molecule has 1 aliphatic heterocycles. The lowest BCUT2D eigenvalue weighted by molar-refractivity contribution is -0.121. The molecule has 0 saturated carbocycles. The first-order valence-electron chi connectivity index (χ1n) is 8.63. The molecule has 0 radical (unpaired) electrons. The average Bonchev–Trinajstić information content (AvgIpc) is 3.28. The molecule has 0 bridgehead atoms. The second-order valence-electron chi connectivity index (χ2n) is 6.47. The number of fused-ring (bicyclic) bond motifs is 1. The molecule has 9 heteroatoms. The zero-order valence-corrected chi connectivity index (χ0v) is 16.4. The zero-order chi connectivity index (χ0) is 18.1. The molecule has 1 N–H and O–H groups in total. The topological polar surface area (TPSA) is 85.6 Å². The maximum atomic E-state index is 12.3. The Balaban J connectivity index is 1.40. The first-order chi connectivity index (χ1) is 12.6. The lowest BCUT2D eigenvalue weighted by Crippen LogP contribution is -2.36. The van der Waals surface area contributed by atoms with Crippen LogP contribution in [0.1, 0.15) is 34.4 Å². The normalized spacial score (nSPS) is 16.9. The highest BCUT2D eigenvalue weighted by Crippen LogP contribution is 2.24. The molecule has 1 unspecified atom stereocenters. The number of carbonyl (C=O) groups excluding carboxylic acids is 1. The number of carbonyl (C=O) groups is 1. The maximum Gasteiger partial charge on any atom is 0.226 e. The first kappa shape index (κ1) is 17.3. The average molecular weight is 389 g/mol. The predicted octanol–water partition coefficient (Wildman–Crippen LogP) is 2.54. The number of thiazole rings is 2. The van der Waals surface area contributed by atoms with Crippen LogP contribution in [-0.4, -0.2) is 36.7 Å². The Morgan fingerprint density at radius 1 is 1.19 bits per heavy atom. The van der Waals surface area contributed by atoms with Crippen LogP contribution in [0.3, 0.4) is 0 Å². The van der Waals surface area contributed by atoms with E-state index in [0.717, 1.165) is 58.9 Å². The molecule has 1 atom stereocenters. The van der Waals surface area contributed by atoms with E-state index in [4.69, 9.17) is 0 Å². The van der Waals surface area contributed by atoms with Crippen LogP contribution in [0.25, 0.3) is 11.5 Å². The van der Waals surface area contributed by atoms with Crippen LogP contribution < -0.4 is 5.32 Å². The number of aryl methyl sites for hydroxylation is 3. The van der Waals surface area contributed by atoms with Crippen molar-refractivity contribution in [2.24, 2.45) is 0 Å². The minimum atomic E-state index is 0.0355. The van der Waals surface area contributed by atoms with Crippen LogP contribution >= 0.6 is 22.7 Å². The third kappa shape index (κ3) is 3.68. The summed E-state index contributed by atoms with van der Waals surface area (Å²) < 4.78 is 2.14. The Morgan fingerprint density at radius 3 is 2.73 bits per heavy atom. The monoisotopic (exact) mass is 388 g/mol. The molecular formula is C17H20N6OS2. The number of rotatable bonds is 4. The number of hydrogen-bond donors (Lipinski definition) is 1. The van der Waals surface area contributed by atoms with Crippen molar-refractivity contribution in [1.82, 2.24) is 30.0 Å². The van der Waals surface area contributed by atoms with Gasteiger partial charge in [0.15, 0.2) is 5.82 Å². The molecule has 4 rings (SSSR count). The second-order valence-corrected chi connectivity index (χ2v) is 8.59. The molecule has 26 heavy (non-hydrogen) atoms. The standard InChI is InChI=1S/C17H20N6OS2/c1-10-18-13(8-25-10)7-16(24)20-12-3-4-15-21-22-17(23(15)6-5-12)14-9-26-11(2)19-14/h8-9,12H,3-7H2,1-2H3,(H,20,24). The van der Waals surface area contributed by atoms with E-state index >= 15 is 0 Å². The molecule has 3 aromatic heterocycles. The van der Waals surface area contributed by atoms with Gasteiger partial charge in [0.05, 0.1) is 22.1 Å². The van der Waals surface area contributed by atoms with Gasteiger partial charge in [-0.25, -0.2) is 9.97 Å². The van der Waals surface area contributed by atoms with Crippen molar-refractivity contribution in [2.75, 3.05) is 0 Å². The molecule has 0 aromatic carbocycles. The van der Waals surface area contributed by atoms with Gasteiger partial charge in [-0.15, -0.1) is 32.9 Å². The molecule has 0 aliphatic carbocycles. The van der Waals surface area contributed by atoms with Gasteiger partial charge in [0, 0.05) is 29.8 Å². The molecule has 1 amide bonds. The van der Waals surface area contributed by atoms with Gasteiger partial charge >= 0.3 is 0 Å². The quantitative estimate of drug-likeness (QED) is 0.742. The fourth-order valence-corrected chi connectivity index (χ4v) is 4.42. The van der Waals surface area contributed by atoms with Gasteiger partial charge in [-0.1, -0.05) is 0 Å². The van der Waals surface area contributed by atoms with Gasteiger partial charge in [-0.2, -0.15) is 0 Å². The highest BCUT2D eigenvalue weighted by Gasteiger charge is 2.23. The fraction of sp³-hybridized carbons (Fsp3) is 0.471. The highest BCUT2D eigenvalue weighted by atomic mass is 32.1. The SMILES string of the molecule is Cc1nc(CC(=O)NC2CCc3nnc(-c4csc(C)n4)n3CC2)cs1. The summed E-state index contributed by atoms with van der Waals surface area (Å²) in [7, 11) is 0. The van der Waals surface area contributed by atoms with Crippen LogP contribution in [0.15, 0.2) is 10.8 Å². The van der Waals surface area contributed by atoms with E-state index in [1.165, 1.54) is 0 Å². The molecule has 136 valence electrons. The lowest BCUT2D eigenvalue weighted by atomic mass is 10.1. The Morgan fingerprint density at radius 2 is 2.00 bits per heavy atom. The largest absolute Gasteiger partial charge is 0.353 e. The van der Waals surface area contributed by atoms with Gasteiger partial charge in [0.25, 0.3) is 0 Å². The maximum absolute atomic E-state index is 12.3. The number of amides is 1. The van der Waals surface area contributed by atoms with Crippen LogP contribution in [0.4, 0.5) is 0 Å². The molecule has 3 aromatic rings. The van der Waals surface area contributed by atoms with Gasteiger partial charge in [0.1, 0.15) is 11.5 Å². The third-order valence-corrected chi connectivity index (χ3v) is 6.06. The van der Waals surface area contributed by atoms with E-state index < -0.39 is 0 Å². The third-order valence-electron chi connectivity index (χ3n) is 4.47. The van der Waals surface area contributed by atoms with Crippen molar-refractivity contribution in [3.8, 4) is 11.5 Å². The fourth-order valence-electron chi connectivity index (χ4n) is 3.22. The van der Waals surface area contributed by atoms with Crippen molar-refractivity contribution in [3.63, 3.8) is 0 Å². The predicted molar refractivity (Wildman–Crippen MR) is 101 cm³/mol. The number of aromatic nitrogens is 5. The molecule has 0 fully saturated rings. The van der Waals surface area contributed by atoms with Crippen molar-refractivity contribution in [1.29, 1.82) is 0 Å². The van der Waals surface area contributed by atoms with Crippen LogP contribution in [0, 0.1) is 13.8 Å². The van der Waals surface area contributed by atoms with Gasteiger partial charge in [-0.05, 0) is 26.7 Å². The summed E-state index contributed by atoms with van der Waals surface area (Å²) in [4.78, 5) is 21.2. The Bertz CT molecular complexity index is 927. The minimum Gasteiger partial charge on any atom is -0.353 e. The van der Waals surface area contributed by atoms with E-state index in [1.54, 1.807) is 22.7 Å². The summed E-state index contributed by atoms with van der Waals surface area (Å²) in [5.41, 5.74) is 1.73. The van der Waals surface area contributed by atoms with Crippen molar-refractivity contribution < 1.29 is 4.79 Å². The number of hydrogen-bond acceptors (Lipinski definition) is 7. The molecule has 7 nitrogen and oxygen atoms in total. The van der Waals surface area contributed by atoms with E-state index in [1.807, 2.05) is 24.6 Å². The van der Waals surface area contributed by atoms with Gasteiger partial charge < -0.3 is 9.88 Å². The first-order valence-corrected chi connectivity index (χ1v) is 10.4. The highest BCUT2D eigenvalue weighted by molar-refractivity contribution is 7.10. The van der Waals surface area contributed by atoms with E-state index in [2.05, 4.69) is 30.0 Å². The summed E-state index contributed by atoms with van der Waals surface area (Å²) in [5, 5.41) is 17.8. The Labute approximate surface area is 159 Å². The lowest BCUT2D eigenvalue weighted by Gasteiger charge is -2.15. The van der Waals surface area contributed by atoms with Gasteiger partial charge in [-0.3, -0.25) is 4.79 Å². The summed E-state index contributed by atoms with van der Waals surface area (Å²) in [6.07, 6.45) is 2.88. The van der Waals surface area contributed by atoms with Crippen molar-refractivity contribution >= 4 is 28.6 Å². The Hall–Kier alpha value is -2.13. The molecule has 4 heterocycles. The molecule has 0 saturated heterocycles. The smallest absolute Gasteiger partial charge is 0.226 e. The summed E-state index contributed by atoms with van der Waals surface area (Å²) in [5.74, 6) is 1.83. The summed E-state index contributed by atoms with van der Waals surface area (Å²) in [6, 6.07) is 0.147. The molecule has 1 aliphatic rings. The van der Waals surface area contributed by atoms with Crippen molar-refractivity contribution in [2.45, 2.75) is 52.1 Å².